The van der Waals surface area contributed by atoms with Crippen molar-refractivity contribution in [2.45, 2.75) is 39.2 Å². The van der Waals surface area contributed by atoms with Gasteiger partial charge in [-0.3, -0.25) is 4.79 Å². The molecule has 3 N–H and O–H groups in total. The highest BCUT2D eigenvalue weighted by Gasteiger charge is 2.27. The van der Waals surface area contributed by atoms with Crippen molar-refractivity contribution < 1.29 is 9.90 Å². The minimum absolute atomic E-state index is 0.451. The quantitative estimate of drug-likeness (QED) is 0.817. The number of carbonyl (C=O) groups is 1. The van der Waals surface area contributed by atoms with Crippen LogP contribution in [0.25, 0.3) is 0 Å². The van der Waals surface area contributed by atoms with Gasteiger partial charge in [0, 0.05) is 0 Å². The summed E-state index contributed by atoms with van der Waals surface area (Å²) < 4.78 is 0. The number of carboxylic acids is 1. The van der Waals surface area contributed by atoms with Crippen molar-refractivity contribution in [3.63, 3.8) is 0 Å². The van der Waals surface area contributed by atoms with E-state index in [0.717, 1.165) is 0 Å². The fraction of sp³-hybridized carbons (Fsp3) is 0.462. The highest BCUT2D eigenvalue weighted by molar-refractivity contribution is 5.77. The average molecular weight is 221 g/mol. The fourth-order valence-electron chi connectivity index (χ4n) is 1.63. The van der Waals surface area contributed by atoms with Crippen LogP contribution in [-0.2, 0) is 11.2 Å². The van der Waals surface area contributed by atoms with Crippen molar-refractivity contribution in [1.29, 1.82) is 0 Å². The molecule has 16 heavy (non-hydrogen) atoms. The van der Waals surface area contributed by atoms with Crippen LogP contribution >= 0.6 is 0 Å². The number of carboxylic acid groups (broad SMARTS) is 1. The molecule has 0 aliphatic rings. The van der Waals surface area contributed by atoms with E-state index < -0.39 is 11.5 Å². The maximum atomic E-state index is 10.9. The average Bonchev–Trinajstić information content (AvgIpc) is 2.16. The van der Waals surface area contributed by atoms with Crippen LogP contribution in [0.5, 0.6) is 0 Å². The molecule has 0 bridgehead atoms. The number of aliphatic carboxylic acids is 1. The smallest absolute Gasteiger partial charge is 0.323 e. The lowest BCUT2D eigenvalue weighted by atomic mass is 9.92. The van der Waals surface area contributed by atoms with Crippen LogP contribution in [0.4, 0.5) is 0 Å². The number of hydrogen-bond acceptors (Lipinski definition) is 2. The Balaban J connectivity index is 2.72. The lowest BCUT2D eigenvalue weighted by molar-refractivity contribution is -0.142. The van der Waals surface area contributed by atoms with Gasteiger partial charge in [0.2, 0.25) is 0 Å². The van der Waals surface area contributed by atoms with Gasteiger partial charge in [-0.1, -0.05) is 23.8 Å². The van der Waals surface area contributed by atoms with Gasteiger partial charge >= 0.3 is 5.97 Å². The van der Waals surface area contributed by atoms with Gasteiger partial charge in [0.25, 0.3) is 0 Å². The zero-order chi connectivity index (χ0) is 12.3. The fourth-order valence-corrected chi connectivity index (χ4v) is 1.63. The Bertz CT molecular complexity index is 397. The Labute approximate surface area is 96.3 Å². The van der Waals surface area contributed by atoms with Crippen molar-refractivity contribution in [3.8, 4) is 0 Å². The molecule has 3 heteroatoms. The third kappa shape index (κ3) is 3.07. The molecule has 0 heterocycles. The van der Waals surface area contributed by atoms with E-state index in [4.69, 9.17) is 10.8 Å². The van der Waals surface area contributed by atoms with Gasteiger partial charge in [-0.15, -0.1) is 0 Å². The first-order chi connectivity index (χ1) is 7.33. The number of nitrogens with two attached hydrogens (primary N) is 1. The molecule has 0 aliphatic heterocycles. The maximum Gasteiger partial charge on any atom is 0.323 e. The summed E-state index contributed by atoms with van der Waals surface area (Å²) in [5.74, 6) is -0.947. The van der Waals surface area contributed by atoms with Gasteiger partial charge in [-0.25, -0.2) is 0 Å². The molecular weight excluding hydrogens is 202 g/mol. The van der Waals surface area contributed by atoms with Crippen molar-refractivity contribution in [2.24, 2.45) is 5.73 Å². The minimum atomic E-state index is -1.14. The normalized spacial score (nSPS) is 14.5. The van der Waals surface area contributed by atoms with Crippen LogP contribution < -0.4 is 5.73 Å². The minimum Gasteiger partial charge on any atom is -0.480 e. The molecule has 0 radical (unpaired) electrons. The molecule has 0 saturated carbocycles. The van der Waals surface area contributed by atoms with E-state index in [1.807, 2.05) is 26.0 Å². The molecule has 0 fully saturated rings. The third-order valence-electron chi connectivity index (χ3n) is 2.90. The molecule has 1 atom stereocenters. The van der Waals surface area contributed by atoms with Crippen LogP contribution in [0.1, 0.15) is 30.0 Å². The summed E-state index contributed by atoms with van der Waals surface area (Å²) in [6.45, 7) is 5.64. The number of aryl methyl sites for hydroxylation is 3. The van der Waals surface area contributed by atoms with Gasteiger partial charge in [0.15, 0.2) is 0 Å². The number of benzene rings is 1. The molecule has 1 aromatic carbocycles. The van der Waals surface area contributed by atoms with Crippen LogP contribution in [0.2, 0.25) is 0 Å². The van der Waals surface area contributed by atoms with E-state index >= 15 is 0 Å². The summed E-state index contributed by atoms with van der Waals surface area (Å²) in [6.07, 6.45) is 1.15. The molecule has 3 nitrogen and oxygen atoms in total. The molecular formula is C13H19NO2. The van der Waals surface area contributed by atoms with E-state index in [0.29, 0.717) is 12.8 Å². The largest absolute Gasteiger partial charge is 0.480 e. The highest BCUT2D eigenvalue weighted by Crippen LogP contribution is 2.16. The first-order valence-electron chi connectivity index (χ1n) is 5.41. The molecule has 1 rings (SSSR count). The molecule has 0 saturated heterocycles. The van der Waals surface area contributed by atoms with Crippen molar-refractivity contribution in [2.75, 3.05) is 0 Å². The molecule has 0 spiro atoms. The van der Waals surface area contributed by atoms with E-state index in [-0.39, 0.29) is 0 Å². The van der Waals surface area contributed by atoms with Crippen LogP contribution in [0.15, 0.2) is 18.2 Å². The third-order valence-corrected chi connectivity index (χ3v) is 2.90. The van der Waals surface area contributed by atoms with E-state index in [1.54, 1.807) is 6.92 Å². The number of rotatable bonds is 4. The van der Waals surface area contributed by atoms with E-state index in [2.05, 4.69) is 6.07 Å². The summed E-state index contributed by atoms with van der Waals surface area (Å²) in [6, 6.07) is 6.18. The lowest BCUT2D eigenvalue weighted by Gasteiger charge is -2.19. The zero-order valence-electron chi connectivity index (χ0n) is 10.1. The van der Waals surface area contributed by atoms with Gasteiger partial charge in [0.1, 0.15) is 5.54 Å². The maximum absolute atomic E-state index is 10.9. The Morgan fingerprint density at radius 3 is 2.56 bits per heavy atom. The van der Waals surface area contributed by atoms with Crippen LogP contribution in [0.3, 0.4) is 0 Å². The second-order valence-electron chi connectivity index (χ2n) is 4.65. The molecule has 88 valence electrons. The summed E-state index contributed by atoms with van der Waals surface area (Å²) in [7, 11) is 0. The van der Waals surface area contributed by atoms with Gasteiger partial charge in [-0.2, -0.15) is 0 Å². The Hall–Kier alpha value is -1.35. The molecule has 0 amide bonds. The second-order valence-corrected chi connectivity index (χ2v) is 4.65. The highest BCUT2D eigenvalue weighted by atomic mass is 16.4. The Morgan fingerprint density at radius 2 is 2.06 bits per heavy atom. The van der Waals surface area contributed by atoms with E-state index in [1.165, 1.54) is 16.7 Å². The molecule has 1 aromatic rings. The predicted molar refractivity (Wildman–Crippen MR) is 64.5 cm³/mol. The van der Waals surface area contributed by atoms with E-state index in [9.17, 15) is 4.79 Å². The first-order valence-corrected chi connectivity index (χ1v) is 5.41. The van der Waals surface area contributed by atoms with Crippen LogP contribution in [0, 0.1) is 13.8 Å². The SMILES string of the molecule is Cc1ccc(CCC(C)(N)C(=O)O)c(C)c1. The molecule has 0 aromatic heterocycles. The Morgan fingerprint density at radius 1 is 1.44 bits per heavy atom. The van der Waals surface area contributed by atoms with Crippen molar-refractivity contribution in [3.05, 3.63) is 34.9 Å². The van der Waals surface area contributed by atoms with Gasteiger partial charge in [0.05, 0.1) is 0 Å². The topological polar surface area (TPSA) is 63.3 Å². The second kappa shape index (κ2) is 4.66. The van der Waals surface area contributed by atoms with Gasteiger partial charge < -0.3 is 10.8 Å². The summed E-state index contributed by atoms with van der Waals surface area (Å²) in [4.78, 5) is 10.9. The summed E-state index contributed by atoms with van der Waals surface area (Å²) >= 11 is 0. The van der Waals surface area contributed by atoms with Gasteiger partial charge in [-0.05, 0) is 44.7 Å². The lowest BCUT2D eigenvalue weighted by Crippen LogP contribution is -2.45. The number of hydrogen-bond donors (Lipinski definition) is 2. The van der Waals surface area contributed by atoms with Crippen molar-refractivity contribution >= 4 is 5.97 Å². The summed E-state index contributed by atoms with van der Waals surface area (Å²) in [5.41, 5.74) is 8.13. The standard InChI is InChI=1S/C13H19NO2/c1-9-4-5-11(10(2)8-9)6-7-13(3,14)12(15)16/h4-5,8H,6-7,14H2,1-3H3,(H,15,16). The van der Waals surface area contributed by atoms with Crippen molar-refractivity contribution in [1.82, 2.24) is 0 Å². The monoisotopic (exact) mass is 221 g/mol. The Kier molecular flexibility index (Phi) is 3.70. The zero-order valence-corrected chi connectivity index (χ0v) is 10.1. The summed E-state index contributed by atoms with van der Waals surface area (Å²) in [5, 5.41) is 8.91. The predicted octanol–water partition coefficient (Wildman–Crippen LogP) is 2.04. The molecule has 0 aliphatic carbocycles. The van der Waals surface area contributed by atoms with Crippen LogP contribution in [-0.4, -0.2) is 16.6 Å². The molecule has 1 unspecified atom stereocenters. The first kappa shape index (κ1) is 12.7.